The SMILES string of the molecule is CC(=O)Cc1nonc1C. The Bertz CT molecular complexity index is 242. The molecule has 0 saturated carbocycles. The Balaban J connectivity index is 2.74. The minimum absolute atomic E-state index is 0.0683. The Kier molecular flexibility index (Phi) is 1.80. The normalized spacial score (nSPS) is 9.80. The van der Waals surface area contributed by atoms with Crippen molar-refractivity contribution in [1.82, 2.24) is 10.3 Å². The Morgan fingerprint density at radius 1 is 1.60 bits per heavy atom. The fraction of sp³-hybridized carbons (Fsp3) is 0.500. The second kappa shape index (κ2) is 2.60. The second-order valence-electron chi connectivity index (χ2n) is 2.18. The third kappa shape index (κ3) is 1.40. The molecule has 0 fully saturated rings. The predicted octanol–water partition coefficient (Wildman–Crippen LogP) is 0.510. The van der Waals surface area contributed by atoms with Gasteiger partial charge in [0.2, 0.25) is 0 Å². The second-order valence-corrected chi connectivity index (χ2v) is 2.18. The zero-order valence-corrected chi connectivity index (χ0v) is 5.92. The molecular weight excluding hydrogens is 132 g/mol. The van der Waals surface area contributed by atoms with Gasteiger partial charge in [0.1, 0.15) is 17.2 Å². The van der Waals surface area contributed by atoms with Crippen molar-refractivity contribution in [2.45, 2.75) is 20.3 Å². The van der Waals surface area contributed by atoms with Crippen molar-refractivity contribution in [2.24, 2.45) is 0 Å². The molecule has 0 bridgehead atoms. The quantitative estimate of drug-likeness (QED) is 0.600. The van der Waals surface area contributed by atoms with Gasteiger partial charge in [-0.1, -0.05) is 10.3 Å². The maximum absolute atomic E-state index is 10.6. The molecule has 0 amide bonds. The summed E-state index contributed by atoms with van der Waals surface area (Å²) in [4.78, 5) is 10.6. The lowest BCUT2D eigenvalue weighted by Gasteiger charge is -1.86. The molecule has 0 saturated heterocycles. The highest BCUT2D eigenvalue weighted by Gasteiger charge is 2.06. The average molecular weight is 140 g/mol. The Labute approximate surface area is 58.2 Å². The summed E-state index contributed by atoms with van der Waals surface area (Å²) < 4.78 is 4.39. The summed E-state index contributed by atoms with van der Waals surface area (Å²) in [5, 5.41) is 7.08. The number of ketones is 1. The van der Waals surface area contributed by atoms with Crippen LogP contribution in [0, 0.1) is 6.92 Å². The maximum Gasteiger partial charge on any atom is 0.135 e. The first-order chi connectivity index (χ1) is 4.70. The molecule has 0 N–H and O–H groups in total. The summed E-state index contributed by atoms with van der Waals surface area (Å²) in [7, 11) is 0. The van der Waals surface area contributed by atoms with Crippen molar-refractivity contribution >= 4 is 5.78 Å². The molecule has 1 heterocycles. The Hall–Kier alpha value is -1.19. The molecule has 0 spiro atoms. The highest BCUT2D eigenvalue weighted by molar-refractivity contribution is 5.77. The predicted molar refractivity (Wildman–Crippen MR) is 33.4 cm³/mol. The number of nitrogens with zero attached hydrogens (tertiary/aromatic N) is 2. The van der Waals surface area contributed by atoms with E-state index in [4.69, 9.17) is 0 Å². The van der Waals surface area contributed by atoms with Crippen LogP contribution in [0.2, 0.25) is 0 Å². The lowest BCUT2D eigenvalue weighted by Crippen LogP contribution is -1.97. The van der Waals surface area contributed by atoms with E-state index in [0.717, 1.165) is 0 Å². The Morgan fingerprint density at radius 3 is 2.70 bits per heavy atom. The molecule has 4 heteroatoms. The van der Waals surface area contributed by atoms with Gasteiger partial charge in [0, 0.05) is 0 Å². The molecule has 0 radical (unpaired) electrons. The first kappa shape index (κ1) is 6.92. The van der Waals surface area contributed by atoms with Crippen LogP contribution in [0.15, 0.2) is 4.63 Å². The topological polar surface area (TPSA) is 56.0 Å². The van der Waals surface area contributed by atoms with E-state index in [1.807, 2.05) is 0 Å². The smallest absolute Gasteiger partial charge is 0.135 e. The van der Waals surface area contributed by atoms with Gasteiger partial charge in [0.05, 0.1) is 6.42 Å². The molecule has 1 aromatic rings. The van der Waals surface area contributed by atoms with E-state index >= 15 is 0 Å². The highest BCUT2D eigenvalue weighted by atomic mass is 16.6. The van der Waals surface area contributed by atoms with Gasteiger partial charge in [-0.3, -0.25) is 4.79 Å². The largest absolute Gasteiger partial charge is 0.300 e. The molecule has 0 aliphatic heterocycles. The monoisotopic (exact) mass is 140 g/mol. The number of hydrogen-bond acceptors (Lipinski definition) is 4. The van der Waals surface area contributed by atoms with Gasteiger partial charge in [0.15, 0.2) is 0 Å². The zero-order valence-electron chi connectivity index (χ0n) is 5.92. The summed E-state index contributed by atoms with van der Waals surface area (Å²) >= 11 is 0. The third-order valence-electron chi connectivity index (χ3n) is 1.16. The molecule has 0 unspecified atom stereocenters. The van der Waals surface area contributed by atoms with E-state index < -0.39 is 0 Å². The van der Waals surface area contributed by atoms with Gasteiger partial charge < -0.3 is 0 Å². The van der Waals surface area contributed by atoms with Crippen LogP contribution < -0.4 is 0 Å². The van der Waals surface area contributed by atoms with Gasteiger partial charge >= 0.3 is 0 Å². The van der Waals surface area contributed by atoms with Crippen LogP contribution in [-0.2, 0) is 11.2 Å². The molecule has 0 aromatic carbocycles. The molecule has 10 heavy (non-hydrogen) atoms. The number of aryl methyl sites for hydroxylation is 1. The van der Waals surface area contributed by atoms with Crippen molar-refractivity contribution in [3.05, 3.63) is 11.4 Å². The Morgan fingerprint density at radius 2 is 2.30 bits per heavy atom. The molecule has 0 atom stereocenters. The van der Waals surface area contributed by atoms with E-state index in [9.17, 15) is 4.79 Å². The van der Waals surface area contributed by atoms with Crippen molar-refractivity contribution in [1.29, 1.82) is 0 Å². The minimum atomic E-state index is 0.0683. The van der Waals surface area contributed by atoms with E-state index in [-0.39, 0.29) is 5.78 Å². The van der Waals surface area contributed by atoms with Gasteiger partial charge in [0.25, 0.3) is 0 Å². The maximum atomic E-state index is 10.6. The zero-order chi connectivity index (χ0) is 7.56. The number of Topliss-reactive ketones (excluding diaryl/α,β-unsaturated/α-hetero) is 1. The number of aromatic nitrogens is 2. The van der Waals surface area contributed by atoms with Crippen LogP contribution in [0.4, 0.5) is 0 Å². The number of carbonyl (C=O) groups is 1. The summed E-state index contributed by atoms with van der Waals surface area (Å²) in [6.45, 7) is 3.27. The van der Waals surface area contributed by atoms with E-state index in [0.29, 0.717) is 17.8 Å². The molecular formula is C6H8N2O2. The highest BCUT2D eigenvalue weighted by Crippen LogP contribution is 2.00. The van der Waals surface area contributed by atoms with Crippen LogP contribution in [0.5, 0.6) is 0 Å². The van der Waals surface area contributed by atoms with E-state index in [2.05, 4.69) is 14.9 Å². The molecule has 1 rings (SSSR count). The molecule has 4 nitrogen and oxygen atoms in total. The summed E-state index contributed by atoms with van der Waals surface area (Å²) in [5.41, 5.74) is 1.32. The van der Waals surface area contributed by atoms with Gasteiger partial charge in [-0.15, -0.1) is 0 Å². The van der Waals surface area contributed by atoms with Crippen LogP contribution >= 0.6 is 0 Å². The summed E-state index contributed by atoms with van der Waals surface area (Å²) in [5.74, 6) is 0.0683. The van der Waals surface area contributed by atoms with Crippen molar-refractivity contribution < 1.29 is 9.42 Å². The van der Waals surface area contributed by atoms with Crippen molar-refractivity contribution in [2.75, 3.05) is 0 Å². The van der Waals surface area contributed by atoms with Crippen molar-refractivity contribution in [3.63, 3.8) is 0 Å². The van der Waals surface area contributed by atoms with Gasteiger partial charge in [-0.25, -0.2) is 4.63 Å². The standard InChI is InChI=1S/C6H8N2O2/c1-4(9)3-6-5(2)7-10-8-6/h3H2,1-2H3. The van der Waals surface area contributed by atoms with E-state index in [1.54, 1.807) is 6.92 Å². The number of hydrogen-bond donors (Lipinski definition) is 0. The van der Waals surface area contributed by atoms with Crippen LogP contribution in [0.1, 0.15) is 18.3 Å². The fourth-order valence-corrected chi connectivity index (χ4v) is 0.646. The lowest BCUT2D eigenvalue weighted by atomic mass is 10.2. The number of carbonyl (C=O) groups excluding carboxylic acids is 1. The first-order valence-electron chi connectivity index (χ1n) is 2.97. The van der Waals surface area contributed by atoms with E-state index in [1.165, 1.54) is 6.92 Å². The number of rotatable bonds is 2. The van der Waals surface area contributed by atoms with Crippen LogP contribution in [0.3, 0.4) is 0 Å². The average Bonchev–Trinajstić information content (AvgIpc) is 2.15. The molecule has 1 aromatic heterocycles. The third-order valence-corrected chi connectivity index (χ3v) is 1.16. The summed E-state index contributed by atoms with van der Waals surface area (Å²) in [6.07, 6.45) is 0.315. The van der Waals surface area contributed by atoms with Crippen LogP contribution in [-0.4, -0.2) is 16.1 Å². The molecule has 54 valence electrons. The first-order valence-corrected chi connectivity index (χ1v) is 2.97. The van der Waals surface area contributed by atoms with Crippen molar-refractivity contribution in [3.8, 4) is 0 Å². The van der Waals surface area contributed by atoms with Crippen LogP contribution in [0.25, 0.3) is 0 Å². The fourth-order valence-electron chi connectivity index (χ4n) is 0.646. The molecule has 0 aliphatic carbocycles. The van der Waals surface area contributed by atoms with Gasteiger partial charge in [-0.2, -0.15) is 0 Å². The minimum Gasteiger partial charge on any atom is -0.300 e. The molecule has 0 aliphatic rings. The van der Waals surface area contributed by atoms with Gasteiger partial charge in [-0.05, 0) is 13.8 Å². The lowest BCUT2D eigenvalue weighted by molar-refractivity contribution is -0.116. The summed E-state index contributed by atoms with van der Waals surface area (Å²) in [6, 6.07) is 0.